The predicted molar refractivity (Wildman–Crippen MR) is 102 cm³/mol. The molecule has 0 saturated heterocycles. The van der Waals surface area contributed by atoms with Gasteiger partial charge in [0.2, 0.25) is 0 Å². The number of aryl methyl sites for hydroxylation is 2. The van der Waals surface area contributed by atoms with Gasteiger partial charge in [0.05, 0.1) is 24.4 Å². The van der Waals surface area contributed by atoms with E-state index in [9.17, 15) is 9.90 Å². The van der Waals surface area contributed by atoms with Crippen molar-refractivity contribution in [1.82, 2.24) is 9.55 Å². The number of aromatic nitrogens is 2. The maximum absolute atomic E-state index is 11.8. The Morgan fingerprint density at radius 1 is 1.27 bits per heavy atom. The molecule has 3 N–H and O–H groups in total. The smallest absolute Gasteiger partial charge is 0.352 e. The van der Waals surface area contributed by atoms with Gasteiger partial charge >= 0.3 is 5.97 Å². The first-order chi connectivity index (χ1) is 12.5. The first kappa shape index (κ1) is 17.9. The van der Waals surface area contributed by atoms with Crippen LogP contribution < -0.4 is 5.32 Å². The number of pyridine rings is 1. The van der Waals surface area contributed by atoms with E-state index in [1.165, 1.54) is 0 Å². The van der Waals surface area contributed by atoms with E-state index >= 15 is 0 Å². The number of aliphatic hydroxyl groups is 1. The molecule has 0 bridgehead atoms. The van der Waals surface area contributed by atoms with Crippen LogP contribution in [-0.4, -0.2) is 38.9 Å². The molecule has 0 aliphatic heterocycles. The number of aromatic carboxylic acids is 1. The average Bonchev–Trinajstić information content (AvgIpc) is 2.98. The molecule has 1 aromatic carbocycles. The van der Waals surface area contributed by atoms with Gasteiger partial charge in [-0.2, -0.15) is 0 Å². The highest BCUT2D eigenvalue weighted by Gasteiger charge is 2.18. The van der Waals surface area contributed by atoms with Crippen LogP contribution >= 0.6 is 0 Å². The van der Waals surface area contributed by atoms with Crippen LogP contribution in [0.3, 0.4) is 0 Å². The third-order valence-corrected chi connectivity index (χ3v) is 4.36. The van der Waals surface area contributed by atoms with E-state index in [0.717, 1.165) is 34.1 Å². The molecular formula is C20H23N3O3. The fourth-order valence-electron chi connectivity index (χ4n) is 3.29. The quantitative estimate of drug-likeness (QED) is 0.608. The number of anilines is 1. The number of nitrogens with one attached hydrogen (secondary N) is 1. The third kappa shape index (κ3) is 3.55. The van der Waals surface area contributed by atoms with Crippen molar-refractivity contribution in [3.8, 4) is 0 Å². The molecule has 0 amide bonds. The first-order valence-corrected chi connectivity index (χ1v) is 8.70. The summed E-state index contributed by atoms with van der Waals surface area (Å²) in [5, 5.41) is 22.6. The molecule has 0 aliphatic carbocycles. The summed E-state index contributed by atoms with van der Waals surface area (Å²) in [6.45, 7) is 4.91. The van der Waals surface area contributed by atoms with Gasteiger partial charge in [0.25, 0.3) is 0 Å². The largest absolute Gasteiger partial charge is 0.477 e. The van der Waals surface area contributed by atoms with Gasteiger partial charge in [-0.3, -0.25) is 0 Å². The molecule has 2 aromatic heterocycles. The van der Waals surface area contributed by atoms with Crippen molar-refractivity contribution in [2.24, 2.45) is 0 Å². The second-order valence-corrected chi connectivity index (χ2v) is 6.30. The van der Waals surface area contributed by atoms with Crippen LogP contribution in [-0.2, 0) is 13.0 Å². The van der Waals surface area contributed by atoms with Crippen molar-refractivity contribution in [3.63, 3.8) is 0 Å². The molecule has 6 heteroatoms. The molecule has 0 unspecified atom stereocenters. The molecule has 26 heavy (non-hydrogen) atoms. The van der Waals surface area contributed by atoms with Crippen molar-refractivity contribution in [3.05, 3.63) is 58.9 Å². The lowest BCUT2D eigenvalue weighted by atomic mass is 10.1. The fourth-order valence-corrected chi connectivity index (χ4v) is 3.29. The second-order valence-electron chi connectivity index (χ2n) is 6.30. The highest BCUT2D eigenvalue weighted by atomic mass is 16.4. The number of carboxylic acid groups (broad SMARTS) is 1. The summed E-state index contributed by atoms with van der Waals surface area (Å²) in [4.78, 5) is 16.3. The molecule has 136 valence electrons. The van der Waals surface area contributed by atoms with Crippen LogP contribution in [0.15, 0.2) is 36.4 Å². The van der Waals surface area contributed by atoms with E-state index in [0.29, 0.717) is 18.9 Å². The van der Waals surface area contributed by atoms with E-state index < -0.39 is 5.97 Å². The molecule has 0 radical (unpaired) electrons. The summed E-state index contributed by atoms with van der Waals surface area (Å²) in [5.74, 6) is -0.285. The second kappa shape index (κ2) is 7.58. The van der Waals surface area contributed by atoms with E-state index in [1.54, 1.807) is 6.07 Å². The number of nitrogens with zero attached hydrogens (tertiary/aromatic N) is 2. The molecule has 0 atom stereocenters. The summed E-state index contributed by atoms with van der Waals surface area (Å²) in [6.07, 6.45) is 0.826. The standard InChI is InChI=1S/C20H23N3O3/c1-3-14-9-13(2)10-15-11-17(20(25)26)23(19(14)15)12-16-5-4-6-18(22-16)21-7-8-24/h4-6,9-11,24H,3,7-8,12H2,1-2H3,(H,21,22)(H,25,26). The zero-order valence-corrected chi connectivity index (χ0v) is 15.0. The number of benzene rings is 1. The minimum atomic E-state index is -0.949. The summed E-state index contributed by atoms with van der Waals surface area (Å²) in [7, 11) is 0. The van der Waals surface area contributed by atoms with E-state index in [4.69, 9.17) is 5.11 Å². The lowest BCUT2D eigenvalue weighted by Gasteiger charge is -2.12. The number of carbonyl (C=O) groups is 1. The molecule has 0 spiro atoms. The lowest BCUT2D eigenvalue weighted by Crippen LogP contribution is -2.12. The molecule has 0 saturated carbocycles. The van der Waals surface area contributed by atoms with Crippen molar-refractivity contribution < 1.29 is 15.0 Å². The Labute approximate surface area is 152 Å². The fraction of sp³-hybridized carbons (Fsp3) is 0.300. The van der Waals surface area contributed by atoms with Crippen molar-refractivity contribution in [2.45, 2.75) is 26.8 Å². The highest BCUT2D eigenvalue weighted by Crippen LogP contribution is 2.27. The molecule has 6 nitrogen and oxygen atoms in total. The van der Waals surface area contributed by atoms with Gasteiger partial charge < -0.3 is 20.1 Å². The van der Waals surface area contributed by atoms with Gasteiger partial charge in [0.15, 0.2) is 0 Å². The highest BCUT2D eigenvalue weighted by molar-refractivity contribution is 5.96. The summed E-state index contributed by atoms with van der Waals surface area (Å²) in [5.41, 5.74) is 4.22. The summed E-state index contributed by atoms with van der Waals surface area (Å²) in [6, 6.07) is 11.4. The zero-order chi connectivity index (χ0) is 18.7. The van der Waals surface area contributed by atoms with Gasteiger partial charge in [-0.1, -0.05) is 24.6 Å². The number of fused-ring (bicyclic) bond motifs is 1. The number of hydrogen-bond donors (Lipinski definition) is 3. The van der Waals surface area contributed by atoms with Crippen LogP contribution in [0, 0.1) is 6.92 Å². The molecule has 0 fully saturated rings. The van der Waals surface area contributed by atoms with E-state index in [1.807, 2.05) is 35.8 Å². The Morgan fingerprint density at radius 3 is 2.77 bits per heavy atom. The Bertz CT molecular complexity index is 947. The van der Waals surface area contributed by atoms with Crippen LogP contribution in [0.1, 0.15) is 34.2 Å². The number of hydrogen-bond acceptors (Lipinski definition) is 4. The molecule has 2 heterocycles. The Balaban J connectivity index is 2.09. The van der Waals surface area contributed by atoms with Crippen LogP contribution in [0.2, 0.25) is 0 Å². The topological polar surface area (TPSA) is 87.4 Å². The van der Waals surface area contributed by atoms with E-state index in [-0.39, 0.29) is 12.3 Å². The van der Waals surface area contributed by atoms with Gasteiger partial charge in [0, 0.05) is 11.9 Å². The molecular weight excluding hydrogens is 330 g/mol. The third-order valence-electron chi connectivity index (χ3n) is 4.36. The number of carboxylic acids is 1. The van der Waals surface area contributed by atoms with E-state index in [2.05, 4.69) is 23.3 Å². The molecule has 3 aromatic rings. The summed E-state index contributed by atoms with van der Waals surface area (Å²) >= 11 is 0. The maximum Gasteiger partial charge on any atom is 0.352 e. The van der Waals surface area contributed by atoms with Crippen molar-refractivity contribution in [2.75, 3.05) is 18.5 Å². The average molecular weight is 353 g/mol. The van der Waals surface area contributed by atoms with Crippen LogP contribution in [0.4, 0.5) is 5.82 Å². The van der Waals surface area contributed by atoms with Crippen LogP contribution in [0.5, 0.6) is 0 Å². The first-order valence-electron chi connectivity index (χ1n) is 8.70. The Kier molecular flexibility index (Phi) is 5.23. The van der Waals surface area contributed by atoms with Gasteiger partial charge in [0.1, 0.15) is 11.5 Å². The SMILES string of the molecule is CCc1cc(C)cc2cc(C(=O)O)n(Cc3cccc(NCCO)n3)c12. The normalized spacial score (nSPS) is 11.0. The molecule has 3 rings (SSSR count). The number of aliphatic hydroxyl groups excluding tert-OH is 1. The minimum Gasteiger partial charge on any atom is -0.477 e. The number of rotatable bonds is 7. The summed E-state index contributed by atoms with van der Waals surface area (Å²) < 4.78 is 1.83. The van der Waals surface area contributed by atoms with Gasteiger partial charge in [-0.15, -0.1) is 0 Å². The van der Waals surface area contributed by atoms with Gasteiger partial charge in [-0.25, -0.2) is 9.78 Å². The Hall–Kier alpha value is -2.86. The maximum atomic E-state index is 11.8. The zero-order valence-electron chi connectivity index (χ0n) is 15.0. The van der Waals surface area contributed by atoms with Crippen molar-refractivity contribution >= 4 is 22.7 Å². The van der Waals surface area contributed by atoms with Crippen LogP contribution in [0.25, 0.3) is 10.9 Å². The predicted octanol–water partition coefficient (Wildman–Crippen LogP) is 3.06. The monoisotopic (exact) mass is 353 g/mol. The minimum absolute atomic E-state index is 0.0243. The van der Waals surface area contributed by atoms with Crippen molar-refractivity contribution in [1.29, 1.82) is 0 Å². The Morgan fingerprint density at radius 2 is 2.08 bits per heavy atom. The lowest BCUT2D eigenvalue weighted by molar-refractivity contribution is 0.0686. The van der Waals surface area contributed by atoms with Gasteiger partial charge in [-0.05, 0) is 43.2 Å². The molecule has 0 aliphatic rings.